The van der Waals surface area contributed by atoms with Crippen molar-refractivity contribution in [2.45, 2.75) is 42.1 Å². The van der Waals surface area contributed by atoms with Gasteiger partial charge in [-0.15, -0.1) is 11.6 Å². The van der Waals surface area contributed by atoms with Crippen LogP contribution in [0.4, 0.5) is 26.3 Å². The normalized spacial score (nSPS) is 13.9. The molecule has 0 amide bonds. The molecule has 1 aromatic heterocycles. The maximum atomic E-state index is 13.1. The molecule has 1 heterocycles. The summed E-state index contributed by atoms with van der Waals surface area (Å²) >= 11 is 5.87. The number of hydrogen-bond donors (Lipinski definition) is 3. The van der Waals surface area contributed by atoms with Crippen molar-refractivity contribution in [3.63, 3.8) is 0 Å². The molecule has 0 bridgehead atoms. The number of rotatable bonds is 10. The fraction of sp³-hybridized carbons (Fsp3) is 0.304. The van der Waals surface area contributed by atoms with Crippen molar-refractivity contribution in [3.8, 4) is 11.5 Å². The SMILES string of the molecule is Cc1ncc(Oc2cccc(C(F)(F)F)c2)c(C(NO)N[C@@H](CCl)Cc2ccc(SC(F)(F)F)cc2)n1. The summed E-state index contributed by atoms with van der Waals surface area (Å²) in [5.41, 5.74) is -2.48. The van der Waals surface area contributed by atoms with E-state index in [4.69, 9.17) is 16.3 Å². The Morgan fingerprint density at radius 2 is 1.78 bits per heavy atom. The Hall–Kier alpha value is -2.58. The van der Waals surface area contributed by atoms with Crippen LogP contribution in [0.3, 0.4) is 0 Å². The molecule has 0 spiro atoms. The molecule has 3 aromatic rings. The second kappa shape index (κ2) is 12.3. The number of halogens is 7. The molecule has 200 valence electrons. The number of alkyl halides is 7. The first-order valence-corrected chi connectivity index (χ1v) is 12.0. The van der Waals surface area contributed by atoms with Crippen molar-refractivity contribution in [3.05, 3.63) is 77.4 Å². The van der Waals surface area contributed by atoms with Crippen LogP contribution in [-0.4, -0.2) is 32.6 Å². The molecule has 37 heavy (non-hydrogen) atoms. The molecular formula is C23H21ClF6N4O2S. The number of nitrogens with zero attached hydrogens (tertiary/aromatic N) is 2. The lowest BCUT2D eigenvalue weighted by molar-refractivity contribution is -0.137. The summed E-state index contributed by atoms with van der Waals surface area (Å²) in [7, 11) is 0. The number of benzene rings is 2. The van der Waals surface area contributed by atoms with Gasteiger partial charge in [0.15, 0.2) is 5.75 Å². The summed E-state index contributed by atoms with van der Waals surface area (Å²) in [4.78, 5) is 8.31. The minimum absolute atomic E-state index is 0.0224. The number of hydroxylamine groups is 1. The van der Waals surface area contributed by atoms with Gasteiger partial charge in [0, 0.05) is 16.8 Å². The molecule has 2 aromatic carbocycles. The van der Waals surface area contributed by atoms with Crippen LogP contribution in [-0.2, 0) is 12.6 Å². The minimum atomic E-state index is -4.57. The smallest absolute Gasteiger partial charge is 0.446 e. The monoisotopic (exact) mass is 566 g/mol. The number of aromatic nitrogens is 2. The molecule has 6 nitrogen and oxygen atoms in total. The highest BCUT2D eigenvalue weighted by molar-refractivity contribution is 8.00. The summed E-state index contributed by atoms with van der Waals surface area (Å²) in [5, 5.41) is 12.9. The van der Waals surface area contributed by atoms with Gasteiger partial charge in [-0.2, -0.15) is 31.8 Å². The zero-order valence-electron chi connectivity index (χ0n) is 19.1. The van der Waals surface area contributed by atoms with Gasteiger partial charge in [-0.25, -0.2) is 9.97 Å². The molecule has 0 radical (unpaired) electrons. The Bertz CT molecular complexity index is 1180. The van der Waals surface area contributed by atoms with Crippen molar-refractivity contribution < 1.29 is 36.3 Å². The third-order valence-electron chi connectivity index (χ3n) is 4.92. The van der Waals surface area contributed by atoms with E-state index in [1.807, 2.05) is 5.48 Å². The van der Waals surface area contributed by atoms with Crippen LogP contribution in [0.15, 0.2) is 59.6 Å². The fourth-order valence-electron chi connectivity index (χ4n) is 3.31. The molecule has 0 aliphatic rings. The molecule has 14 heteroatoms. The lowest BCUT2D eigenvalue weighted by Crippen LogP contribution is -2.42. The van der Waals surface area contributed by atoms with Crippen LogP contribution in [0.2, 0.25) is 0 Å². The second-order valence-corrected chi connectivity index (χ2v) is 9.22. The summed E-state index contributed by atoms with van der Waals surface area (Å²) in [6.07, 6.45) is -4.10. The van der Waals surface area contributed by atoms with Crippen LogP contribution >= 0.6 is 23.4 Å². The molecule has 0 saturated heterocycles. The zero-order chi connectivity index (χ0) is 27.2. The van der Waals surface area contributed by atoms with E-state index in [0.717, 1.165) is 12.1 Å². The molecule has 3 N–H and O–H groups in total. The van der Waals surface area contributed by atoms with E-state index in [9.17, 15) is 31.5 Å². The second-order valence-electron chi connectivity index (χ2n) is 7.77. The third-order valence-corrected chi connectivity index (χ3v) is 6.03. The number of ether oxygens (including phenoxy) is 1. The average molecular weight is 567 g/mol. The van der Waals surface area contributed by atoms with E-state index in [1.54, 1.807) is 6.92 Å². The highest BCUT2D eigenvalue weighted by Crippen LogP contribution is 2.37. The van der Waals surface area contributed by atoms with Crippen LogP contribution in [0, 0.1) is 6.92 Å². The Kier molecular flexibility index (Phi) is 9.64. The average Bonchev–Trinajstić information content (AvgIpc) is 2.83. The van der Waals surface area contributed by atoms with Gasteiger partial charge in [-0.1, -0.05) is 18.2 Å². The maximum absolute atomic E-state index is 13.1. The Morgan fingerprint density at radius 3 is 2.38 bits per heavy atom. The molecule has 0 saturated carbocycles. The molecule has 0 aliphatic carbocycles. The Morgan fingerprint density at radius 1 is 1.08 bits per heavy atom. The van der Waals surface area contributed by atoms with E-state index in [-0.39, 0.29) is 46.2 Å². The van der Waals surface area contributed by atoms with Gasteiger partial charge in [-0.05, 0) is 61.0 Å². The third kappa shape index (κ3) is 8.75. The predicted octanol–water partition coefficient (Wildman–Crippen LogP) is 6.63. The molecule has 1 unspecified atom stereocenters. The summed E-state index contributed by atoms with van der Waals surface area (Å²) in [6.45, 7) is 1.57. The van der Waals surface area contributed by atoms with Crippen LogP contribution in [0.1, 0.15) is 28.8 Å². The van der Waals surface area contributed by atoms with Gasteiger partial charge in [-0.3, -0.25) is 5.32 Å². The Balaban J connectivity index is 1.79. The maximum Gasteiger partial charge on any atom is 0.446 e. The number of aryl methyl sites for hydroxylation is 1. The lowest BCUT2D eigenvalue weighted by Gasteiger charge is -2.25. The van der Waals surface area contributed by atoms with Gasteiger partial charge < -0.3 is 9.94 Å². The lowest BCUT2D eigenvalue weighted by atomic mass is 10.1. The summed E-state index contributed by atoms with van der Waals surface area (Å²) in [5.74, 6) is 0.204. The molecule has 0 aliphatic heterocycles. The van der Waals surface area contributed by atoms with Gasteiger partial charge in [0.25, 0.3) is 0 Å². The van der Waals surface area contributed by atoms with Crippen LogP contribution < -0.4 is 15.5 Å². The number of thioether (sulfide) groups is 1. The summed E-state index contributed by atoms with van der Waals surface area (Å²) < 4.78 is 82.5. The van der Waals surface area contributed by atoms with E-state index in [1.165, 1.54) is 42.6 Å². The van der Waals surface area contributed by atoms with Gasteiger partial charge in [0.1, 0.15) is 23.4 Å². The largest absolute Gasteiger partial charge is 0.454 e. The fourth-order valence-corrected chi connectivity index (χ4v) is 4.05. The van der Waals surface area contributed by atoms with E-state index < -0.39 is 29.5 Å². The zero-order valence-corrected chi connectivity index (χ0v) is 20.6. The van der Waals surface area contributed by atoms with Crippen molar-refractivity contribution >= 4 is 23.4 Å². The van der Waals surface area contributed by atoms with Gasteiger partial charge >= 0.3 is 11.7 Å². The highest BCUT2D eigenvalue weighted by atomic mass is 35.5. The van der Waals surface area contributed by atoms with E-state index in [2.05, 4.69) is 15.3 Å². The predicted molar refractivity (Wildman–Crippen MR) is 126 cm³/mol. The molecule has 3 rings (SSSR count). The first-order chi connectivity index (χ1) is 17.4. The number of nitrogens with one attached hydrogen (secondary N) is 2. The molecular weight excluding hydrogens is 546 g/mol. The first kappa shape index (κ1) is 29.0. The number of hydrogen-bond acceptors (Lipinski definition) is 7. The Labute approximate surface area is 217 Å². The van der Waals surface area contributed by atoms with Crippen molar-refractivity contribution in [2.24, 2.45) is 0 Å². The van der Waals surface area contributed by atoms with Crippen LogP contribution in [0.25, 0.3) is 0 Å². The first-order valence-electron chi connectivity index (χ1n) is 10.6. The van der Waals surface area contributed by atoms with Crippen molar-refractivity contribution in [2.75, 3.05) is 5.88 Å². The van der Waals surface area contributed by atoms with Gasteiger partial charge in [0.2, 0.25) is 0 Å². The van der Waals surface area contributed by atoms with Crippen molar-refractivity contribution in [1.29, 1.82) is 0 Å². The molecule has 0 fully saturated rings. The minimum Gasteiger partial charge on any atom is -0.454 e. The van der Waals surface area contributed by atoms with Crippen molar-refractivity contribution in [1.82, 2.24) is 20.8 Å². The van der Waals surface area contributed by atoms with E-state index in [0.29, 0.717) is 11.4 Å². The van der Waals surface area contributed by atoms with Crippen LogP contribution in [0.5, 0.6) is 11.5 Å². The topological polar surface area (TPSA) is 79.3 Å². The summed E-state index contributed by atoms with van der Waals surface area (Å²) in [6, 6.07) is 9.50. The standard InChI is InChI=1S/C23H21ClF6N4O2S/c1-13-31-12-19(36-17-4-2-3-15(10-17)22(25,26)27)20(32-13)21(34-35)33-16(11-24)9-14-5-7-18(8-6-14)37-23(28,29)30/h2-8,10,12,16,21,33-35H,9,11H2,1H3/t16-,21?/m1/s1. The quantitative estimate of drug-likeness (QED) is 0.0836. The highest BCUT2D eigenvalue weighted by Gasteiger charge is 2.31. The van der Waals surface area contributed by atoms with Gasteiger partial charge in [0.05, 0.1) is 11.8 Å². The molecule has 2 atom stereocenters. The van der Waals surface area contributed by atoms with E-state index >= 15 is 0 Å².